The number of thiazole rings is 2. The molecule has 2 aromatic heterocycles. The van der Waals surface area contributed by atoms with Crippen LogP contribution in [-0.2, 0) is 22.7 Å². The number of ether oxygens (including phenoxy) is 2. The molecule has 5 nitrogen and oxygen atoms in total. The number of benzene rings is 1. The highest BCUT2D eigenvalue weighted by Crippen LogP contribution is 2.16. The molecule has 0 N–H and O–H groups in total. The van der Waals surface area contributed by atoms with Crippen molar-refractivity contribution in [1.29, 1.82) is 0 Å². The third-order valence-corrected chi connectivity index (χ3v) is 4.79. The van der Waals surface area contributed by atoms with Crippen LogP contribution in [0, 0.1) is 6.92 Å². The molecular formula is C18H16N2O3S2. The lowest BCUT2D eigenvalue weighted by Gasteiger charge is -2.03. The molecule has 3 aromatic rings. The molecule has 25 heavy (non-hydrogen) atoms. The van der Waals surface area contributed by atoms with Gasteiger partial charge in [0, 0.05) is 22.5 Å². The van der Waals surface area contributed by atoms with Crippen molar-refractivity contribution < 1.29 is 14.3 Å². The van der Waals surface area contributed by atoms with E-state index in [1.807, 2.05) is 36.6 Å². The Morgan fingerprint density at radius 3 is 2.80 bits per heavy atom. The van der Waals surface area contributed by atoms with Gasteiger partial charge in [-0.1, -0.05) is 17.7 Å². The molecule has 0 aliphatic heterocycles. The zero-order valence-electron chi connectivity index (χ0n) is 13.5. The second-order valence-electron chi connectivity index (χ2n) is 5.18. The van der Waals surface area contributed by atoms with Crippen molar-refractivity contribution >= 4 is 34.7 Å². The van der Waals surface area contributed by atoms with Crippen LogP contribution in [-0.4, -0.2) is 15.9 Å². The molecule has 0 bridgehead atoms. The number of nitrogens with zero attached hydrogens (tertiary/aromatic N) is 2. The Morgan fingerprint density at radius 2 is 2.04 bits per heavy atom. The largest absolute Gasteiger partial charge is 0.486 e. The van der Waals surface area contributed by atoms with Gasteiger partial charge in [0.05, 0.1) is 11.2 Å². The van der Waals surface area contributed by atoms with Crippen LogP contribution < -0.4 is 4.74 Å². The van der Waals surface area contributed by atoms with Gasteiger partial charge in [0.25, 0.3) is 0 Å². The Labute approximate surface area is 153 Å². The number of aryl methyl sites for hydroxylation is 1. The van der Waals surface area contributed by atoms with E-state index in [0.29, 0.717) is 12.3 Å². The zero-order chi connectivity index (χ0) is 17.5. The first-order valence-electron chi connectivity index (χ1n) is 7.55. The molecular weight excluding hydrogens is 356 g/mol. The maximum Gasteiger partial charge on any atom is 0.331 e. The molecule has 7 heteroatoms. The van der Waals surface area contributed by atoms with Crippen molar-refractivity contribution in [2.75, 3.05) is 0 Å². The van der Waals surface area contributed by atoms with E-state index >= 15 is 0 Å². The normalized spacial score (nSPS) is 10.9. The van der Waals surface area contributed by atoms with E-state index in [4.69, 9.17) is 9.47 Å². The molecule has 1 aromatic carbocycles. The number of rotatable bonds is 7. The molecule has 0 aliphatic rings. The van der Waals surface area contributed by atoms with Crippen molar-refractivity contribution in [1.82, 2.24) is 9.97 Å². The number of carbonyl (C=O) groups is 1. The quantitative estimate of drug-likeness (QED) is 0.458. The summed E-state index contributed by atoms with van der Waals surface area (Å²) in [4.78, 5) is 20.9. The zero-order valence-corrected chi connectivity index (χ0v) is 15.2. The minimum absolute atomic E-state index is 0.146. The molecule has 0 saturated carbocycles. The molecule has 0 radical (unpaired) electrons. The first-order valence-corrected chi connectivity index (χ1v) is 9.31. The number of carbonyl (C=O) groups excluding carboxylic acids is 1. The maximum atomic E-state index is 11.7. The predicted molar refractivity (Wildman–Crippen MR) is 98.6 cm³/mol. The third-order valence-electron chi connectivity index (χ3n) is 3.18. The molecule has 0 fully saturated rings. The Balaban J connectivity index is 1.45. The highest BCUT2D eigenvalue weighted by molar-refractivity contribution is 7.10. The first kappa shape index (κ1) is 17.3. The van der Waals surface area contributed by atoms with Gasteiger partial charge in [-0.2, -0.15) is 0 Å². The second kappa shape index (κ2) is 8.55. The summed E-state index contributed by atoms with van der Waals surface area (Å²) in [5.41, 5.74) is 3.61. The van der Waals surface area contributed by atoms with Gasteiger partial charge in [0.1, 0.15) is 24.0 Å². The number of esters is 1. The second-order valence-corrected chi connectivity index (χ2v) is 7.04. The Bertz CT molecular complexity index is 840. The Hall–Kier alpha value is -2.51. The van der Waals surface area contributed by atoms with E-state index in [0.717, 1.165) is 15.6 Å². The SMILES string of the molecule is Cc1ccc(OCc2nc(COC(=O)/C=C/c3cncs3)cs2)cc1. The average Bonchev–Trinajstić information content (AvgIpc) is 3.29. The van der Waals surface area contributed by atoms with Gasteiger partial charge in [-0.25, -0.2) is 9.78 Å². The monoisotopic (exact) mass is 372 g/mol. The molecule has 128 valence electrons. The summed E-state index contributed by atoms with van der Waals surface area (Å²) in [5.74, 6) is 0.404. The summed E-state index contributed by atoms with van der Waals surface area (Å²) in [7, 11) is 0. The van der Waals surface area contributed by atoms with Crippen LogP contribution in [0.5, 0.6) is 5.75 Å². The minimum Gasteiger partial charge on any atom is -0.486 e. The van der Waals surface area contributed by atoms with Crippen molar-refractivity contribution in [2.45, 2.75) is 20.1 Å². The number of hydrogen-bond acceptors (Lipinski definition) is 7. The van der Waals surface area contributed by atoms with Crippen molar-refractivity contribution in [3.63, 3.8) is 0 Å². The molecule has 0 amide bonds. The first-order chi connectivity index (χ1) is 12.2. The fraction of sp³-hybridized carbons (Fsp3) is 0.167. The highest BCUT2D eigenvalue weighted by atomic mass is 32.1. The lowest BCUT2D eigenvalue weighted by molar-refractivity contribution is -0.139. The number of aromatic nitrogens is 2. The molecule has 2 heterocycles. The molecule has 0 unspecified atom stereocenters. The smallest absolute Gasteiger partial charge is 0.331 e. The molecule has 3 rings (SSSR count). The minimum atomic E-state index is -0.404. The maximum absolute atomic E-state index is 11.7. The highest BCUT2D eigenvalue weighted by Gasteiger charge is 2.06. The predicted octanol–water partition coefficient (Wildman–Crippen LogP) is 4.24. The van der Waals surface area contributed by atoms with Crippen molar-refractivity contribution in [2.24, 2.45) is 0 Å². The third kappa shape index (κ3) is 5.51. The molecule has 0 aliphatic carbocycles. The van der Waals surface area contributed by atoms with Crippen LogP contribution in [0.15, 0.2) is 47.4 Å². The van der Waals surface area contributed by atoms with E-state index in [-0.39, 0.29) is 6.61 Å². The van der Waals surface area contributed by atoms with Crippen molar-refractivity contribution in [3.8, 4) is 5.75 Å². The van der Waals surface area contributed by atoms with Gasteiger partial charge in [-0.05, 0) is 25.1 Å². The summed E-state index contributed by atoms with van der Waals surface area (Å²) in [6, 6.07) is 7.87. The van der Waals surface area contributed by atoms with Crippen LogP contribution in [0.25, 0.3) is 6.08 Å². The van der Waals surface area contributed by atoms with E-state index < -0.39 is 5.97 Å². The summed E-state index contributed by atoms with van der Waals surface area (Å²) < 4.78 is 10.9. The van der Waals surface area contributed by atoms with Gasteiger partial charge in [0.15, 0.2) is 0 Å². The van der Waals surface area contributed by atoms with Crippen LogP contribution >= 0.6 is 22.7 Å². The fourth-order valence-corrected chi connectivity index (χ4v) is 3.11. The van der Waals surface area contributed by atoms with Gasteiger partial charge in [-0.15, -0.1) is 22.7 Å². The Kier molecular flexibility index (Phi) is 5.92. The van der Waals surface area contributed by atoms with E-state index in [9.17, 15) is 4.79 Å². The molecule has 0 spiro atoms. The lowest BCUT2D eigenvalue weighted by atomic mass is 10.2. The van der Waals surface area contributed by atoms with E-state index in [2.05, 4.69) is 9.97 Å². The van der Waals surface area contributed by atoms with Gasteiger partial charge >= 0.3 is 5.97 Å². The van der Waals surface area contributed by atoms with E-state index in [1.54, 1.807) is 17.8 Å². The topological polar surface area (TPSA) is 61.3 Å². The van der Waals surface area contributed by atoms with Gasteiger partial charge in [-0.3, -0.25) is 4.98 Å². The summed E-state index contributed by atoms with van der Waals surface area (Å²) in [6.07, 6.45) is 4.76. The summed E-state index contributed by atoms with van der Waals surface area (Å²) in [6.45, 7) is 2.57. The van der Waals surface area contributed by atoms with Crippen LogP contribution in [0.4, 0.5) is 0 Å². The van der Waals surface area contributed by atoms with E-state index in [1.165, 1.54) is 34.3 Å². The van der Waals surface area contributed by atoms with Gasteiger partial charge in [0.2, 0.25) is 0 Å². The molecule has 0 saturated heterocycles. The summed E-state index contributed by atoms with van der Waals surface area (Å²) >= 11 is 2.94. The van der Waals surface area contributed by atoms with Crippen LogP contribution in [0.2, 0.25) is 0 Å². The fourth-order valence-electron chi connectivity index (χ4n) is 1.91. The van der Waals surface area contributed by atoms with Gasteiger partial charge < -0.3 is 9.47 Å². The number of hydrogen-bond donors (Lipinski definition) is 0. The van der Waals surface area contributed by atoms with Crippen molar-refractivity contribution in [3.05, 3.63) is 68.6 Å². The Morgan fingerprint density at radius 1 is 1.20 bits per heavy atom. The molecule has 0 atom stereocenters. The average molecular weight is 372 g/mol. The summed E-state index contributed by atoms with van der Waals surface area (Å²) in [5, 5.41) is 2.71. The standard InChI is InChI=1S/C18H16N2O3S2/c1-13-2-4-15(5-3-13)22-10-17-20-14(11-24-17)9-23-18(21)7-6-16-8-19-12-25-16/h2-8,11-12H,9-10H2,1H3/b7-6+. The van der Waals surface area contributed by atoms with Crippen LogP contribution in [0.3, 0.4) is 0 Å². The van der Waals surface area contributed by atoms with Crippen LogP contribution in [0.1, 0.15) is 21.1 Å². The lowest BCUT2D eigenvalue weighted by Crippen LogP contribution is -2.01.